The molecule has 0 spiro atoms. The zero-order valence-corrected chi connectivity index (χ0v) is 22.1. The number of rotatable bonds is 14. The molecule has 2 unspecified atom stereocenters. The van der Waals surface area contributed by atoms with Crippen LogP contribution >= 0.6 is 0 Å². The Morgan fingerprint density at radius 2 is 1.58 bits per heavy atom. The minimum absolute atomic E-state index is 0.148. The fraction of sp³-hybridized carbons (Fsp3) is 0.469. The van der Waals surface area contributed by atoms with Crippen LogP contribution in [0.3, 0.4) is 0 Å². The molecular formula is C32H41FO3. The maximum atomic E-state index is 15.4. The summed E-state index contributed by atoms with van der Waals surface area (Å²) in [6, 6.07) is 18.4. The summed E-state index contributed by atoms with van der Waals surface area (Å²) in [5.41, 5.74) is 2.20. The summed E-state index contributed by atoms with van der Waals surface area (Å²) >= 11 is 0. The molecule has 3 nitrogen and oxygen atoms in total. The molecule has 0 heterocycles. The van der Waals surface area contributed by atoms with Crippen LogP contribution in [0, 0.1) is 0 Å². The molecule has 0 N–H and O–H groups in total. The third kappa shape index (κ3) is 7.64. The number of benzene rings is 2. The molecule has 0 bridgehead atoms. The first-order valence-electron chi connectivity index (χ1n) is 13.5. The summed E-state index contributed by atoms with van der Waals surface area (Å²) in [7, 11) is 0. The molecule has 1 aliphatic rings. The van der Waals surface area contributed by atoms with Gasteiger partial charge in [0.25, 0.3) is 0 Å². The summed E-state index contributed by atoms with van der Waals surface area (Å²) in [4.78, 5) is 13.1. The molecular weight excluding hydrogens is 451 g/mol. The zero-order chi connectivity index (χ0) is 25.9. The molecule has 0 aliphatic heterocycles. The van der Waals surface area contributed by atoms with Crippen molar-refractivity contribution in [2.24, 2.45) is 0 Å². The van der Waals surface area contributed by atoms with Crippen LogP contribution in [0.4, 0.5) is 4.39 Å². The Morgan fingerprint density at radius 3 is 2.31 bits per heavy atom. The van der Waals surface area contributed by atoms with E-state index in [1.165, 1.54) is 6.92 Å². The van der Waals surface area contributed by atoms with Crippen LogP contribution in [0.5, 0.6) is 0 Å². The molecule has 0 radical (unpaired) electrons. The number of unbranched alkanes of at least 4 members (excludes halogenated alkanes) is 5. The predicted octanol–water partition coefficient (Wildman–Crippen LogP) is 8.84. The third-order valence-corrected chi connectivity index (χ3v) is 6.73. The summed E-state index contributed by atoms with van der Waals surface area (Å²) in [5.74, 6) is -2.18. The molecule has 2 atom stereocenters. The van der Waals surface area contributed by atoms with Gasteiger partial charge in [-0.25, -0.2) is 9.18 Å². The lowest BCUT2D eigenvalue weighted by atomic mass is 9.88. The normalized spacial score (nSPS) is 18.9. The first-order valence-corrected chi connectivity index (χ1v) is 13.5. The zero-order valence-electron chi connectivity index (χ0n) is 22.1. The van der Waals surface area contributed by atoms with Crippen molar-refractivity contribution < 1.29 is 18.7 Å². The van der Waals surface area contributed by atoms with Gasteiger partial charge in [0.2, 0.25) is 11.5 Å². The van der Waals surface area contributed by atoms with Gasteiger partial charge in [0.05, 0.1) is 6.61 Å². The minimum atomic E-state index is -2.05. The summed E-state index contributed by atoms with van der Waals surface area (Å²) in [5, 5.41) is 0. The van der Waals surface area contributed by atoms with Gasteiger partial charge in [-0.05, 0) is 54.5 Å². The van der Waals surface area contributed by atoms with Gasteiger partial charge in [-0.15, -0.1) is 0 Å². The van der Waals surface area contributed by atoms with Crippen molar-refractivity contribution in [3.8, 4) is 11.1 Å². The number of halogens is 1. The second kappa shape index (κ2) is 13.5. The lowest BCUT2D eigenvalue weighted by molar-refractivity contribution is -0.218. The smallest absolute Gasteiger partial charge is 0.346 e. The number of esters is 1. The van der Waals surface area contributed by atoms with Crippen molar-refractivity contribution in [1.82, 2.24) is 0 Å². The number of alkyl halides is 1. The van der Waals surface area contributed by atoms with Gasteiger partial charge in [0.15, 0.2) is 0 Å². The third-order valence-electron chi connectivity index (χ3n) is 6.73. The van der Waals surface area contributed by atoms with Crippen LogP contribution in [0.2, 0.25) is 0 Å². The molecule has 0 saturated carbocycles. The molecule has 0 amide bonds. The molecule has 2 aromatic carbocycles. The maximum absolute atomic E-state index is 15.4. The van der Waals surface area contributed by atoms with Gasteiger partial charge in [0.1, 0.15) is 0 Å². The van der Waals surface area contributed by atoms with E-state index in [4.69, 9.17) is 9.47 Å². The highest BCUT2D eigenvalue weighted by molar-refractivity contribution is 5.84. The lowest BCUT2D eigenvalue weighted by Gasteiger charge is -2.35. The molecule has 3 rings (SSSR count). The van der Waals surface area contributed by atoms with E-state index in [0.29, 0.717) is 19.4 Å². The summed E-state index contributed by atoms with van der Waals surface area (Å²) in [6.07, 6.45) is 12.8. The van der Waals surface area contributed by atoms with Gasteiger partial charge in [-0.1, -0.05) is 113 Å². The first-order chi connectivity index (χ1) is 17.4. The van der Waals surface area contributed by atoms with Crippen LogP contribution in [-0.4, -0.2) is 24.0 Å². The van der Waals surface area contributed by atoms with Gasteiger partial charge in [-0.2, -0.15) is 0 Å². The number of carbonyl (C=O) groups is 1. The van der Waals surface area contributed by atoms with E-state index in [0.717, 1.165) is 60.8 Å². The standard InChI is InChI=1S/C32H41FO3/c1-4-6-8-15-24-35-32(36-30(34)31(3,33)22-14-7-5-2)23-16-19-27(25-32)29-21-13-12-20-28(29)26-17-10-9-11-18-26/h9-13,16-21,23H,4-8,14-15,22,24-25H2,1-3H3. The van der Waals surface area contributed by atoms with Crippen molar-refractivity contribution in [2.45, 2.75) is 90.0 Å². The fourth-order valence-electron chi connectivity index (χ4n) is 4.56. The topological polar surface area (TPSA) is 35.5 Å². The van der Waals surface area contributed by atoms with Gasteiger partial charge in [-0.3, -0.25) is 0 Å². The van der Waals surface area contributed by atoms with E-state index in [1.54, 1.807) is 6.08 Å². The SMILES string of the molecule is CCCCCCOC1(OC(=O)C(C)(F)CCCCC)C=CC=C(c2ccccc2-c2ccccc2)C1. The minimum Gasteiger partial charge on any atom is -0.426 e. The maximum Gasteiger partial charge on any atom is 0.346 e. The van der Waals surface area contributed by atoms with Gasteiger partial charge < -0.3 is 9.47 Å². The molecule has 2 aromatic rings. The number of allylic oxidation sites excluding steroid dienone is 2. The largest absolute Gasteiger partial charge is 0.426 e. The van der Waals surface area contributed by atoms with E-state index >= 15 is 4.39 Å². The van der Waals surface area contributed by atoms with E-state index in [2.05, 4.69) is 38.1 Å². The molecule has 36 heavy (non-hydrogen) atoms. The van der Waals surface area contributed by atoms with Crippen LogP contribution < -0.4 is 0 Å². The van der Waals surface area contributed by atoms with Crippen molar-refractivity contribution in [3.63, 3.8) is 0 Å². The van der Waals surface area contributed by atoms with Crippen molar-refractivity contribution in [3.05, 3.63) is 78.4 Å². The Morgan fingerprint density at radius 1 is 0.917 bits per heavy atom. The van der Waals surface area contributed by atoms with E-state index < -0.39 is 17.4 Å². The molecule has 0 aromatic heterocycles. The van der Waals surface area contributed by atoms with E-state index in [-0.39, 0.29) is 6.42 Å². The van der Waals surface area contributed by atoms with Crippen LogP contribution in [-0.2, 0) is 14.3 Å². The molecule has 194 valence electrons. The first kappa shape index (κ1) is 27.9. The lowest BCUT2D eigenvalue weighted by Crippen LogP contribution is -2.44. The number of hydrogen-bond acceptors (Lipinski definition) is 3. The molecule has 0 saturated heterocycles. The Labute approximate surface area is 216 Å². The second-order valence-corrected chi connectivity index (χ2v) is 9.90. The number of carbonyl (C=O) groups excluding carboxylic acids is 1. The van der Waals surface area contributed by atoms with Crippen molar-refractivity contribution in [2.75, 3.05) is 6.61 Å². The molecule has 4 heteroatoms. The Hall–Kier alpha value is -2.72. The molecule has 0 fully saturated rings. The fourth-order valence-corrected chi connectivity index (χ4v) is 4.56. The average Bonchev–Trinajstić information content (AvgIpc) is 2.89. The Kier molecular flexibility index (Phi) is 10.5. The van der Waals surface area contributed by atoms with Crippen LogP contribution in [0.15, 0.2) is 72.8 Å². The van der Waals surface area contributed by atoms with Crippen molar-refractivity contribution >= 4 is 11.5 Å². The number of ether oxygens (including phenoxy) is 2. The predicted molar refractivity (Wildman–Crippen MR) is 146 cm³/mol. The highest BCUT2D eigenvalue weighted by atomic mass is 19.1. The van der Waals surface area contributed by atoms with Gasteiger partial charge in [0, 0.05) is 6.42 Å². The Balaban J connectivity index is 1.85. The molecule has 1 aliphatic carbocycles. The second-order valence-electron chi connectivity index (χ2n) is 9.90. The quantitative estimate of drug-likeness (QED) is 0.150. The Bertz CT molecular complexity index is 1020. The monoisotopic (exact) mass is 492 g/mol. The highest BCUT2D eigenvalue weighted by Crippen LogP contribution is 2.39. The summed E-state index contributed by atoms with van der Waals surface area (Å²) < 4.78 is 27.5. The van der Waals surface area contributed by atoms with Gasteiger partial charge >= 0.3 is 5.97 Å². The summed E-state index contributed by atoms with van der Waals surface area (Å²) in [6.45, 7) is 6.00. The van der Waals surface area contributed by atoms with E-state index in [1.807, 2.05) is 42.5 Å². The van der Waals surface area contributed by atoms with Crippen LogP contribution in [0.1, 0.15) is 84.1 Å². The van der Waals surface area contributed by atoms with E-state index in [9.17, 15) is 4.79 Å². The highest BCUT2D eigenvalue weighted by Gasteiger charge is 2.43. The van der Waals surface area contributed by atoms with Crippen molar-refractivity contribution in [1.29, 1.82) is 0 Å². The average molecular weight is 493 g/mol. The number of hydrogen-bond donors (Lipinski definition) is 0. The van der Waals surface area contributed by atoms with Crippen LogP contribution in [0.25, 0.3) is 16.7 Å².